The predicted octanol–water partition coefficient (Wildman–Crippen LogP) is 23.5. The molecule has 0 bridgehead atoms. The van der Waals surface area contributed by atoms with Crippen LogP contribution < -0.4 is 0 Å². The van der Waals surface area contributed by atoms with Gasteiger partial charge in [-0.1, -0.05) is 363 Å². The molecule has 582 valence electrons. The molecule has 0 aromatic rings. The fraction of sp³-hybridized carbons (Fsp3) is 0.949. The van der Waals surface area contributed by atoms with E-state index < -0.39 is 97.5 Å². The highest BCUT2D eigenvalue weighted by atomic mass is 31.2. The molecule has 0 saturated heterocycles. The van der Waals surface area contributed by atoms with E-state index in [9.17, 15) is 43.2 Å². The molecular formula is C79H154O17P2. The fourth-order valence-electron chi connectivity index (χ4n) is 12.1. The highest BCUT2D eigenvalue weighted by Crippen LogP contribution is 2.45. The van der Waals surface area contributed by atoms with Crippen LogP contribution in [-0.4, -0.2) is 96.7 Å². The Morgan fingerprint density at radius 2 is 0.490 bits per heavy atom. The van der Waals surface area contributed by atoms with Crippen LogP contribution in [0.2, 0.25) is 0 Å². The van der Waals surface area contributed by atoms with Crippen molar-refractivity contribution in [3.05, 3.63) is 0 Å². The van der Waals surface area contributed by atoms with E-state index in [4.69, 9.17) is 37.0 Å². The Bertz CT molecular complexity index is 1890. The van der Waals surface area contributed by atoms with E-state index >= 15 is 0 Å². The molecular weight excluding hydrogens is 1280 g/mol. The van der Waals surface area contributed by atoms with Gasteiger partial charge < -0.3 is 33.8 Å². The van der Waals surface area contributed by atoms with Crippen molar-refractivity contribution < 1.29 is 80.2 Å². The van der Waals surface area contributed by atoms with Gasteiger partial charge in [-0.3, -0.25) is 37.3 Å². The number of aliphatic hydroxyl groups excluding tert-OH is 1. The number of carbonyl (C=O) groups is 4. The molecule has 0 spiro atoms. The van der Waals surface area contributed by atoms with Crippen molar-refractivity contribution in [2.75, 3.05) is 39.6 Å². The van der Waals surface area contributed by atoms with E-state index in [1.165, 1.54) is 231 Å². The van der Waals surface area contributed by atoms with Crippen molar-refractivity contribution in [1.82, 2.24) is 0 Å². The third-order valence-electron chi connectivity index (χ3n) is 19.2. The number of esters is 4. The number of rotatable bonds is 78. The molecule has 0 rings (SSSR count). The summed E-state index contributed by atoms with van der Waals surface area (Å²) < 4.78 is 68.7. The summed E-state index contributed by atoms with van der Waals surface area (Å²) in [4.78, 5) is 73.0. The first-order valence-corrected chi connectivity index (χ1v) is 44.1. The summed E-state index contributed by atoms with van der Waals surface area (Å²) in [6, 6.07) is 0. The van der Waals surface area contributed by atoms with Crippen LogP contribution in [0, 0.1) is 11.8 Å². The summed E-state index contributed by atoms with van der Waals surface area (Å²) in [6.45, 7) is 9.68. The number of hydrogen-bond acceptors (Lipinski definition) is 15. The lowest BCUT2D eigenvalue weighted by Crippen LogP contribution is -2.30. The van der Waals surface area contributed by atoms with Crippen LogP contribution in [0.15, 0.2) is 0 Å². The van der Waals surface area contributed by atoms with Gasteiger partial charge in [0.15, 0.2) is 12.2 Å². The number of ether oxygens (including phenoxy) is 4. The number of phosphoric acid groups is 2. The molecule has 0 saturated carbocycles. The smallest absolute Gasteiger partial charge is 0.462 e. The van der Waals surface area contributed by atoms with Gasteiger partial charge in [0.1, 0.15) is 19.3 Å². The van der Waals surface area contributed by atoms with Crippen LogP contribution in [0.5, 0.6) is 0 Å². The van der Waals surface area contributed by atoms with Crippen molar-refractivity contribution in [2.24, 2.45) is 11.8 Å². The molecule has 0 aromatic carbocycles. The van der Waals surface area contributed by atoms with E-state index in [0.29, 0.717) is 25.7 Å². The normalized spacial score (nSPS) is 14.5. The first-order valence-electron chi connectivity index (χ1n) is 41.1. The second kappa shape index (κ2) is 70.7. The van der Waals surface area contributed by atoms with E-state index in [1.807, 2.05) is 0 Å². The van der Waals surface area contributed by atoms with Gasteiger partial charge in [0, 0.05) is 25.7 Å². The Morgan fingerprint density at radius 3 is 0.724 bits per heavy atom. The standard InChI is InChI=1S/C79H154O17P2/c1-7-11-13-15-17-19-21-23-24-29-32-36-43-49-55-61-76(81)89-67-74(95-79(84)64-58-52-46-38-34-30-26-25-28-31-35-41-47-53-59-71(5)9-3)69-93-97(85,86)91-65-73(80)66-92-98(87,88)94-70-75(68-90-77(82)62-56-50-44-40-39-42-48-54-60-72(6)10-4)96-78(83)63-57-51-45-37-33-27-22-20-18-16-14-12-8-2/h71-75,80H,7-70H2,1-6H3,(H,85,86)(H,87,88)/t71?,72?,73-,74-,75-/m1/s1. The van der Waals surface area contributed by atoms with Crippen molar-refractivity contribution in [2.45, 2.75) is 432 Å². The van der Waals surface area contributed by atoms with Gasteiger partial charge in [0.05, 0.1) is 26.4 Å². The van der Waals surface area contributed by atoms with Crippen LogP contribution in [0.25, 0.3) is 0 Å². The topological polar surface area (TPSA) is 237 Å². The van der Waals surface area contributed by atoms with Crippen molar-refractivity contribution in [3.8, 4) is 0 Å². The molecule has 98 heavy (non-hydrogen) atoms. The highest BCUT2D eigenvalue weighted by Gasteiger charge is 2.30. The van der Waals surface area contributed by atoms with Crippen LogP contribution in [0.1, 0.15) is 414 Å². The van der Waals surface area contributed by atoms with Gasteiger partial charge in [-0.05, 0) is 37.5 Å². The summed E-state index contributed by atoms with van der Waals surface area (Å²) in [5.41, 5.74) is 0. The minimum absolute atomic E-state index is 0.107. The minimum Gasteiger partial charge on any atom is -0.462 e. The first kappa shape index (κ1) is 96.1. The largest absolute Gasteiger partial charge is 0.472 e. The maximum Gasteiger partial charge on any atom is 0.472 e. The number of carbonyl (C=O) groups excluding carboxylic acids is 4. The zero-order chi connectivity index (χ0) is 72.1. The lowest BCUT2D eigenvalue weighted by Gasteiger charge is -2.21. The van der Waals surface area contributed by atoms with Crippen LogP contribution in [-0.2, 0) is 65.4 Å². The average molecular weight is 1440 g/mol. The molecule has 0 amide bonds. The van der Waals surface area contributed by atoms with Crippen LogP contribution >= 0.6 is 15.6 Å². The summed E-state index contributed by atoms with van der Waals surface area (Å²) in [5, 5.41) is 10.6. The summed E-state index contributed by atoms with van der Waals surface area (Å²) in [7, 11) is -9.92. The van der Waals surface area contributed by atoms with Gasteiger partial charge in [-0.25, -0.2) is 9.13 Å². The van der Waals surface area contributed by atoms with Crippen LogP contribution in [0.3, 0.4) is 0 Å². The van der Waals surface area contributed by atoms with Crippen molar-refractivity contribution in [3.63, 3.8) is 0 Å². The average Bonchev–Trinajstić information content (AvgIpc) is 0.959. The van der Waals surface area contributed by atoms with E-state index in [2.05, 4.69) is 41.5 Å². The number of phosphoric ester groups is 2. The Labute approximate surface area is 600 Å². The highest BCUT2D eigenvalue weighted by molar-refractivity contribution is 7.47. The second-order valence-electron chi connectivity index (χ2n) is 28.9. The molecule has 0 aliphatic heterocycles. The lowest BCUT2D eigenvalue weighted by molar-refractivity contribution is -0.161. The molecule has 17 nitrogen and oxygen atoms in total. The molecule has 0 aliphatic rings. The predicted molar refractivity (Wildman–Crippen MR) is 400 cm³/mol. The number of aliphatic hydroxyl groups is 1. The third-order valence-corrected chi connectivity index (χ3v) is 21.1. The number of unbranched alkanes of at least 4 members (excludes halogenated alkanes) is 46. The Hall–Kier alpha value is -1.94. The Kier molecular flexibility index (Phi) is 69.3. The van der Waals surface area contributed by atoms with Crippen molar-refractivity contribution >= 4 is 39.5 Å². The monoisotopic (exact) mass is 1440 g/mol. The summed E-state index contributed by atoms with van der Waals surface area (Å²) >= 11 is 0. The molecule has 3 N–H and O–H groups in total. The maximum atomic E-state index is 13.1. The zero-order valence-electron chi connectivity index (χ0n) is 64.1. The summed E-state index contributed by atoms with van der Waals surface area (Å²) in [5.74, 6) is -0.485. The molecule has 7 atom stereocenters. The Morgan fingerprint density at radius 1 is 0.286 bits per heavy atom. The molecule has 0 fully saturated rings. The number of hydrogen-bond donors (Lipinski definition) is 3. The molecule has 0 radical (unpaired) electrons. The molecule has 19 heteroatoms. The molecule has 0 aliphatic carbocycles. The van der Waals surface area contributed by atoms with Crippen molar-refractivity contribution in [1.29, 1.82) is 0 Å². The third kappa shape index (κ3) is 69.8. The quantitative estimate of drug-likeness (QED) is 0.0222. The van der Waals surface area contributed by atoms with Gasteiger partial charge in [0.2, 0.25) is 0 Å². The van der Waals surface area contributed by atoms with Gasteiger partial charge in [0.25, 0.3) is 0 Å². The van der Waals surface area contributed by atoms with Gasteiger partial charge >= 0.3 is 39.5 Å². The van der Waals surface area contributed by atoms with Gasteiger partial charge in [-0.15, -0.1) is 0 Å². The first-order chi connectivity index (χ1) is 47.4. The van der Waals surface area contributed by atoms with E-state index in [1.54, 1.807) is 0 Å². The maximum absolute atomic E-state index is 13.1. The lowest BCUT2D eigenvalue weighted by atomic mass is 9.99. The Balaban J connectivity index is 5.27. The minimum atomic E-state index is -4.96. The van der Waals surface area contributed by atoms with E-state index in [0.717, 1.165) is 102 Å². The SMILES string of the molecule is CCCCCCCCCCCCCCCCCC(=O)OC[C@H](COP(=O)(O)OC[C@@H](O)COP(=O)(O)OC[C@@H](COC(=O)CCCCCCCCCCC(C)CC)OC(=O)CCCCCCCCCCCCCCC)OC(=O)CCCCCCCCCCCCCCCCC(C)CC. The summed E-state index contributed by atoms with van der Waals surface area (Å²) in [6.07, 6.45) is 59.4. The van der Waals surface area contributed by atoms with Crippen LogP contribution in [0.4, 0.5) is 0 Å². The fourth-order valence-corrected chi connectivity index (χ4v) is 13.7. The molecule has 0 heterocycles. The zero-order valence-corrected chi connectivity index (χ0v) is 65.9. The molecule has 0 aromatic heterocycles. The second-order valence-corrected chi connectivity index (χ2v) is 31.8. The van der Waals surface area contributed by atoms with E-state index in [-0.39, 0.29) is 25.7 Å². The molecule has 4 unspecified atom stereocenters. The van der Waals surface area contributed by atoms with Gasteiger partial charge in [-0.2, -0.15) is 0 Å².